The highest BCUT2D eigenvalue weighted by Crippen LogP contribution is 2.25. The van der Waals surface area contributed by atoms with E-state index in [4.69, 9.17) is 0 Å². The number of hydrogen-bond donors (Lipinski definition) is 0. The molecule has 0 amide bonds. The van der Waals surface area contributed by atoms with Crippen LogP contribution >= 0.6 is 11.3 Å². The van der Waals surface area contributed by atoms with Crippen molar-refractivity contribution in [3.63, 3.8) is 0 Å². The van der Waals surface area contributed by atoms with Gasteiger partial charge in [0.1, 0.15) is 11.7 Å². The molecule has 3 rings (SSSR count). The molecule has 0 saturated heterocycles. The highest BCUT2D eigenvalue weighted by molar-refractivity contribution is 7.09. The molecule has 0 aliphatic carbocycles. The lowest BCUT2D eigenvalue weighted by Crippen LogP contribution is -1.98. The van der Waals surface area contributed by atoms with E-state index in [9.17, 15) is 5.26 Å². The van der Waals surface area contributed by atoms with E-state index in [0.29, 0.717) is 5.56 Å². The van der Waals surface area contributed by atoms with Crippen LogP contribution in [0.2, 0.25) is 0 Å². The second-order valence-electron chi connectivity index (χ2n) is 4.64. The van der Waals surface area contributed by atoms with Gasteiger partial charge in [-0.05, 0) is 36.9 Å². The summed E-state index contributed by atoms with van der Waals surface area (Å²) >= 11 is 1.72. The molecule has 3 aromatic rings. The lowest BCUT2D eigenvalue weighted by Gasteiger charge is -2.04. The van der Waals surface area contributed by atoms with E-state index in [1.54, 1.807) is 11.3 Å². The van der Waals surface area contributed by atoms with Crippen molar-refractivity contribution in [3.05, 3.63) is 51.5 Å². The van der Waals surface area contributed by atoms with E-state index in [1.807, 2.05) is 32.2 Å². The Hall–Kier alpha value is -2.12. The monoisotopic (exact) mass is 267 g/mol. The van der Waals surface area contributed by atoms with Gasteiger partial charge in [0.05, 0.1) is 12.1 Å². The predicted molar refractivity (Wildman–Crippen MR) is 77.3 cm³/mol. The van der Waals surface area contributed by atoms with E-state index >= 15 is 0 Å². The Kier molecular flexibility index (Phi) is 2.84. The second-order valence-corrected chi connectivity index (χ2v) is 5.67. The first-order chi connectivity index (χ1) is 9.19. The van der Waals surface area contributed by atoms with Crippen molar-refractivity contribution in [1.29, 1.82) is 5.26 Å². The van der Waals surface area contributed by atoms with Gasteiger partial charge >= 0.3 is 0 Å². The van der Waals surface area contributed by atoms with E-state index < -0.39 is 0 Å². The third kappa shape index (κ3) is 2.02. The van der Waals surface area contributed by atoms with Crippen molar-refractivity contribution in [2.45, 2.75) is 20.4 Å². The minimum absolute atomic E-state index is 0.705. The van der Waals surface area contributed by atoms with Crippen LogP contribution in [0.15, 0.2) is 29.8 Å². The number of pyridine rings is 1. The van der Waals surface area contributed by atoms with Crippen molar-refractivity contribution >= 4 is 22.4 Å². The maximum Gasteiger partial charge on any atom is 0.142 e. The zero-order valence-corrected chi connectivity index (χ0v) is 11.7. The first-order valence-electron chi connectivity index (χ1n) is 6.08. The Morgan fingerprint density at radius 2 is 2.26 bits per heavy atom. The Morgan fingerprint density at radius 3 is 2.95 bits per heavy atom. The first-order valence-corrected chi connectivity index (χ1v) is 6.96. The van der Waals surface area contributed by atoms with Gasteiger partial charge in [-0.15, -0.1) is 11.3 Å². The average molecular weight is 267 g/mol. The molecular weight excluding hydrogens is 254 g/mol. The van der Waals surface area contributed by atoms with Gasteiger partial charge in [-0.3, -0.25) is 0 Å². The minimum Gasteiger partial charge on any atom is -0.326 e. The molecule has 3 heterocycles. The molecule has 4 heteroatoms. The van der Waals surface area contributed by atoms with Gasteiger partial charge in [0, 0.05) is 22.2 Å². The molecule has 0 unspecified atom stereocenters. The molecule has 0 bridgehead atoms. The van der Waals surface area contributed by atoms with Crippen LogP contribution in [0.3, 0.4) is 0 Å². The quantitative estimate of drug-likeness (QED) is 0.711. The summed E-state index contributed by atoms with van der Waals surface area (Å²) in [7, 11) is 0. The maximum absolute atomic E-state index is 9.28. The van der Waals surface area contributed by atoms with Crippen molar-refractivity contribution in [3.8, 4) is 6.07 Å². The molecule has 0 spiro atoms. The van der Waals surface area contributed by atoms with E-state index in [1.165, 1.54) is 4.88 Å². The average Bonchev–Trinajstić information content (AvgIpc) is 2.98. The molecule has 0 aliphatic rings. The van der Waals surface area contributed by atoms with Gasteiger partial charge in [-0.2, -0.15) is 5.26 Å². The maximum atomic E-state index is 9.28. The van der Waals surface area contributed by atoms with Crippen molar-refractivity contribution in [2.24, 2.45) is 0 Å². The zero-order valence-electron chi connectivity index (χ0n) is 10.8. The van der Waals surface area contributed by atoms with Crippen molar-refractivity contribution < 1.29 is 0 Å². The summed E-state index contributed by atoms with van der Waals surface area (Å²) in [5.74, 6) is 0. The molecule has 94 valence electrons. The van der Waals surface area contributed by atoms with Crippen LogP contribution < -0.4 is 0 Å². The summed E-state index contributed by atoms with van der Waals surface area (Å²) in [6, 6.07) is 8.44. The fourth-order valence-electron chi connectivity index (χ4n) is 2.42. The molecule has 0 fully saturated rings. The summed E-state index contributed by atoms with van der Waals surface area (Å²) in [5, 5.41) is 12.3. The summed E-state index contributed by atoms with van der Waals surface area (Å²) in [4.78, 5) is 5.87. The number of fused-ring (bicyclic) bond motifs is 1. The third-order valence-electron chi connectivity index (χ3n) is 3.18. The third-order valence-corrected chi connectivity index (χ3v) is 4.04. The Morgan fingerprint density at radius 1 is 1.42 bits per heavy atom. The molecule has 0 radical (unpaired) electrons. The van der Waals surface area contributed by atoms with Crippen LogP contribution in [0.5, 0.6) is 0 Å². The molecular formula is C15H13N3S. The van der Waals surface area contributed by atoms with Crippen LogP contribution in [0.4, 0.5) is 0 Å². The van der Waals surface area contributed by atoms with Crippen LogP contribution in [0.1, 0.15) is 21.7 Å². The Bertz CT molecular complexity index is 776. The number of aromatic nitrogens is 2. The fourth-order valence-corrected chi connectivity index (χ4v) is 3.12. The molecule has 0 aliphatic heterocycles. The highest BCUT2D eigenvalue weighted by Gasteiger charge is 2.13. The molecule has 0 atom stereocenters. The van der Waals surface area contributed by atoms with Gasteiger partial charge in [0.2, 0.25) is 0 Å². The SMILES string of the molecule is Cc1cc(C)c2c(C#N)cn(Cc3cccs3)c2n1. The number of hydrogen-bond acceptors (Lipinski definition) is 3. The topological polar surface area (TPSA) is 41.6 Å². The molecule has 0 saturated carbocycles. The Labute approximate surface area is 115 Å². The van der Waals surface area contributed by atoms with E-state index in [0.717, 1.165) is 28.8 Å². The van der Waals surface area contributed by atoms with Crippen molar-refractivity contribution in [1.82, 2.24) is 9.55 Å². The van der Waals surface area contributed by atoms with E-state index in [2.05, 4.69) is 27.1 Å². The van der Waals surface area contributed by atoms with Gasteiger partial charge in [-0.1, -0.05) is 6.07 Å². The predicted octanol–water partition coefficient (Wildman–Crippen LogP) is 3.63. The van der Waals surface area contributed by atoms with Crippen molar-refractivity contribution in [2.75, 3.05) is 0 Å². The molecule has 0 aromatic carbocycles. The summed E-state index contributed by atoms with van der Waals surface area (Å²) in [5.41, 5.74) is 3.71. The fraction of sp³-hybridized carbons (Fsp3) is 0.200. The smallest absolute Gasteiger partial charge is 0.142 e. The van der Waals surface area contributed by atoms with Gasteiger partial charge < -0.3 is 4.57 Å². The first kappa shape index (κ1) is 11.9. The standard InChI is InChI=1S/C15H13N3S/c1-10-6-11(2)17-15-14(10)12(7-16)8-18(15)9-13-4-3-5-19-13/h3-6,8H,9H2,1-2H3. The number of aryl methyl sites for hydroxylation is 2. The van der Waals surface area contributed by atoms with Crippen LogP contribution in [0.25, 0.3) is 11.0 Å². The minimum atomic E-state index is 0.705. The lowest BCUT2D eigenvalue weighted by molar-refractivity contribution is 0.835. The number of nitriles is 1. The zero-order chi connectivity index (χ0) is 13.4. The van der Waals surface area contributed by atoms with Gasteiger partial charge in [-0.25, -0.2) is 4.98 Å². The Balaban J connectivity index is 2.22. The lowest BCUT2D eigenvalue weighted by atomic mass is 10.1. The number of nitrogens with zero attached hydrogens (tertiary/aromatic N) is 3. The number of rotatable bonds is 2. The normalized spacial score (nSPS) is 10.8. The largest absolute Gasteiger partial charge is 0.326 e. The van der Waals surface area contributed by atoms with Crippen LogP contribution in [-0.2, 0) is 6.54 Å². The number of thiophene rings is 1. The van der Waals surface area contributed by atoms with Gasteiger partial charge in [0.25, 0.3) is 0 Å². The molecule has 19 heavy (non-hydrogen) atoms. The second kappa shape index (κ2) is 4.52. The van der Waals surface area contributed by atoms with Gasteiger partial charge in [0.15, 0.2) is 0 Å². The van der Waals surface area contributed by atoms with Crippen LogP contribution in [0, 0.1) is 25.2 Å². The molecule has 3 aromatic heterocycles. The summed E-state index contributed by atoms with van der Waals surface area (Å²) in [6.45, 7) is 4.79. The van der Waals surface area contributed by atoms with Crippen LogP contribution in [-0.4, -0.2) is 9.55 Å². The summed E-state index contributed by atoms with van der Waals surface area (Å²) < 4.78 is 2.07. The summed E-state index contributed by atoms with van der Waals surface area (Å²) in [6.07, 6.45) is 1.91. The van der Waals surface area contributed by atoms with E-state index in [-0.39, 0.29) is 0 Å². The molecule has 3 nitrogen and oxygen atoms in total. The highest BCUT2D eigenvalue weighted by atomic mass is 32.1. The molecule has 0 N–H and O–H groups in total.